The minimum atomic E-state index is -0.540. The number of nitrogen functional groups attached to an aromatic ring is 1. The van der Waals surface area contributed by atoms with E-state index in [4.69, 9.17) is 17.3 Å². The highest BCUT2D eigenvalue weighted by atomic mass is 35.5. The molecule has 1 heterocycles. The quantitative estimate of drug-likeness (QED) is 0.380. The molecule has 0 saturated carbocycles. The van der Waals surface area contributed by atoms with Crippen molar-refractivity contribution in [2.24, 2.45) is 0 Å². The fourth-order valence-electron chi connectivity index (χ4n) is 1.81. The monoisotopic (exact) mass is 307 g/mol. The van der Waals surface area contributed by atoms with Crippen LogP contribution >= 0.6 is 11.6 Å². The minimum absolute atomic E-state index is 0.101. The molecule has 0 unspecified atom stereocenters. The van der Waals surface area contributed by atoms with Gasteiger partial charge in [-0.1, -0.05) is 24.9 Å². The number of anilines is 3. The molecule has 110 valence electrons. The molecule has 0 saturated heterocycles. The maximum Gasteiger partial charge on any atom is 0.294 e. The largest absolute Gasteiger partial charge is 0.393 e. The van der Waals surface area contributed by atoms with Gasteiger partial charge in [0.15, 0.2) is 0 Å². The van der Waals surface area contributed by atoms with E-state index in [0.717, 1.165) is 18.5 Å². The van der Waals surface area contributed by atoms with Crippen molar-refractivity contribution < 1.29 is 4.92 Å². The van der Waals surface area contributed by atoms with Gasteiger partial charge in [0.25, 0.3) is 5.69 Å². The molecule has 0 spiro atoms. The van der Waals surface area contributed by atoms with Gasteiger partial charge in [0, 0.05) is 17.4 Å². The molecule has 1 aromatic heterocycles. The molecule has 0 aliphatic rings. The zero-order valence-electron chi connectivity index (χ0n) is 11.3. The zero-order chi connectivity index (χ0) is 15.4. The molecule has 0 aliphatic carbocycles. The van der Waals surface area contributed by atoms with Gasteiger partial charge in [0.05, 0.1) is 4.92 Å². The third-order valence-corrected chi connectivity index (χ3v) is 2.93. The van der Waals surface area contributed by atoms with E-state index >= 15 is 0 Å². The Balaban J connectivity index is 2.29. The van der Waals surface area contributed by atoms with Crippen LogP contribution in [0.4, 0.5) is 23.0 Å². The summed E-state index contributed by atoms with van der Waals surface area (Å²) in [5.74, 6) is 0.296. The van der Waals surface area contributed by atoms with Gasteiger partial charge in [-0.25, -0.2) is 9.97 Å². The maximum atomic E-state index is 10.9. The Bertz CT molecular complexity index is 678. The van der Waals surface area contributed by atoms with Crippen molar-refractivity contribution in [3.05, 3.63) is 45.2 Å². The molecule has 0 radical (unpaired) electrons. The molecular weight excluding hydrogens is 294 g/mol. The molecule has 21 heavy (non-hydrogen) atoms. The average molecular weight is 308 g/mol. The molecule has 8 heteroatoms. The summed E-state index contributed by atoms with van der Waals surface area (Å²) >= 11 is 5.94. The molecule has 0 bridgehead atoms. The number of nitrogens with two attached hydrogens (primary N) is 1. The molecular formula is C13H14ClN5O2. The van der Waals surface area contributed by atoms with Crippen LogP contribution in [-0.4, -0.2) is 14.9 Å². The van der Waals surface area contributed by atoms with Gasteiger partial charge in [-0.05, 0) is 24.6 Å². The molecule has 0 aliphatic heterocycles. The summed E-state index contributed by atoms with van der Waals surface area (Å²) in [6.07, 6.45) is 1.71. The predicted octanol–water partition coefficient (Wildman–Crippen LogP) is 3.32. The highest BCUT2D eigenvalue weighted by Gasteiger charge is 2.12. The number of aromatic nitrogens is 2. The Morgan fingerprint density at radius 1 is 1.38 bits per heavy atom. The lowest BCUT2D eigenvalue weighted by Gasteiger charge is -2.07. The minimum Gasteiger partial charge on any atom is -0.393 e. The Hall–Kier alpha value is -2.41. The second-order valence-corrected chi connectivity index (χ2v) is 4.80. The third-order valence-electron chi connectivity index (χ3n) is 2.74. The van der Waals surface area contributed by atoms with E-state index in [1.165, 1.54) is 12.1 Å². The molecule has 3 N–H and O–H groups in total. The van der Waals surface area contributed by atoms with Crippen LogP contribution in [0, 0.1) is 10.1 Å². The first-order valence-electron chi connectivity index (χ1n) is 6.34. The summed E-state index contributed by atoms with van der Waals surface area (Å²) < 4.78 is 0. The normalized spacial score (nSPS) is 10.4. The number of nitrogens with zero attached hydrogens (tertiary/aromatic N) is 3. The molecule has 2 rings (SSSR count). The lowest BCUT2D eigenvalue weighted by molar-refractivity contribution is -0.383. The standard InChI is InChI=1S/C13H14ClN5O2/c1-2-3-8-7-12(14)18-13(16-8)17-9-4-5-10(15)11(6-9)19(20)21/h4-7H,2-3,15H2,1H3,(H,16,17,18). The molecule has 2 aromatic rings. The zero-order valence-corrected chi connectivity index (χ0v) is 12.1. The third kappa shape index (κ3) is 3.79. The van der Waals surface area contributed by atoms with Crippen molar-refractivity contribution in [1.29, 1.82) is 0 Å². The number of rotatable bonds is 5. The number of benzene rings is 1. The van der Waals surface area contributed by atoms with Crippen molar-refractivity contribution in [3.63, 3.8) is 0 Å². The lowest BCUT2D eigenvalue weighted by atomic mass is 10.2. The number of hydrogen-bond acceptors (Lipinski definition) is 6. The average Bonchev–Trinajstić information content (AvgIpc) is 2.40. The van der Waals surface area contributed by atoms with Crippen LogP contribution in [0.2, 0.25) is 5.15 Å². The topological polar surface area (TPSA) is 107 Å². The molecule has 0 amide bonds. The molecule has 0 fully saturated rings. The lowest BCUT2D eigenvalue weighted by Crippen LogP contribution is -2.02. The number of nitro benzene ring substituents is 1. The van der Waals surface area contributed by atoms with Crippen molar-refractivity contribution >= 4 is 34.6 Å². The fourth-order valence-corrected chi connectivity index (χ4v) is 2.02. The van der Waals surface area contributed by atoms with Gasteiger partial charge in [0.1, 0.15) is 10.8 Å². The number of nitro groups is 1. The van der Waals surface area contributed by atoms with Crippen LogP contribution in [0.15, 0.2) is 24.3 Å². The first-order valence-corrected chi connectivity index (χ1v) is 6.71. The van der Waals surface area contributed by atoms with Crippen LogP contribution < -0.4 is 11.1 Å². The number of nitrogens with one attached hydrogen (secondary N) is 1. The Morgan fingerprint density at radius 3 is 2.81 bits per heavy atom. The molecule has 7 nitrogen and oxygen atoms in total. The Morgan fingerprint density at radius 2 is 2.14 bits per heavy atom. The summed E-state index contributed by atoms with van der Waals surface area (Å²) in [6, 6.07) is 6.10. The van der Waals surface area contributed by atoms with Gasteiger partial charge < -0.3 is 11.1 Å². The predicted molar refractivity (Wildman–Crippen MR) is 81.8 cm³/mol. The number of hydrogen-bond donors (Lipinski definition) is 2. The van der Waals surface area contributed by atoms with Gasteiger partial charge in [-0.2, -0.15) is 0 Å². The van der Waals surface area contributed by atoms with E-state index in [-0.39, 0.29) is 11.4 Å². The Kier molecular flexibility index (Phi) is 4.54. The van der Waals surface area contributed by atoms with E-state index in [1.54, 1.807) is 12.1 Å². The smallest absolute Gasteiger partial charge is 0.294 e. The summed E-state index contributed by atoms with van der Waals surface area (Å²) in [4.78, 5) is 18.7. The van der Waals surface area contributed by atoms with E-state index in [2.05, 4.69) is 15.3 Å². The number of aryl methyl sites for hydroxylation is 1. The van der Waals surface area contributed by atoms with Gasteiger partial charge >= 0.3 is 0 Å². The second-order valence-electron chi connectivity index (χ2n) is 4.41. The highest BCUT2D eigenvalue weighted by Crippen LogP contribution is 2.26. The van der Waals surface area contributed by atoms with E-state index in [1.807, 2.05) is 6.92 Å². The van der Waals surface area contributed by atoms with Crippen LogP contribution in [0.5, 0.6) is 0 Å². The fraction of sp³-hybridized carbons (Fsp3) is 0.231. The first-order chi connectivity index (χ1) is 9.99. The van der Waals surface area contributed by atoms with Crippen LogP contribution in [0.25, 0.3) is 0 Å². The molecule has 0 atom stereocenters. The molecule has 1 aromatic carbocycles. The number of halogens is 1. The van der Waals surface area contributed by atoms with Crippen molar-refractivity contribution in [2.45, 2.75) is 19.8 Å². The van der Waals surface area contributed by atoms with Crippen molar-refractivity contribution in [1.82, 2.24) is 9.97 Å². The summed E-state index contributed by atoms with van der Waals surface area (Å²) in [7, 11) is 0. The van der Waals surface area contributed by atoms with Crippen LogP contribution in [0.3, 0.4) is 0 Å². The van der Waals surface area contributed by atoms with Gasteiger partial charge in [-0.15, -0.1) is 0 Å². The van der Waals surface area contributed by atoms with Crippen LogP contribution in [-0.2, 0) is 6.42 Å². The Labute approximate surface area is 126 Å². The van der Waals surface area contributed by atoms with Crippen molar-refractivity contribution in [2.75, 3.05) is 11.1 Å². The van der Waals surface area contributed by atoms with Gasteiger partial charge in [0.2, 0.25) is 5.95 Å². The van der Waals surface area contributed by atoms with E-state index in [9.17, 15) is 10.1 Å². The van der Waals surface area contributed by atoms with Gasteiger partial charge in [-0.3, -0.25) is 10.1 Å². The SMILES string of the molecule is CCCc1cc(Cl)nc(Nc2ccc(N)c([N+](=O)[O-])c2)n1. The summed E-state index contributed by atoms with van der Waals surface area (Å²) in [5.41, 5.74) is 6.76. The van der Waals surface area contributed by atoms with E-state index in [0.29, 0.717) is 16.8 Å². The van der Waals surface area contributed by atoms with Crippen LogP contribution in [0.1, 0.15) is 19.0 Å². The first kappa shape index (κ1) is 15.0. The van der Waals surface area contributed by atoms with Crippen molar-refractivity contribution in [3.8, 4) is 0 Å². The maximum absolute atomic E-state index is 10.9. The summed E-state index contributed by atoms with van der Waals surface area (Å²) in [5, 5.41) is 14.1. The van der Waals surface area contributed by atoms with E-state index < -0.39 is 4.92 Å². The highest BCUT2D eigenvalue weighted by molar-refractivity contribution is 6.29. The second kappa shape index (κ2) is 6.36. The summed E-state index contributed by atoms with van der Waals surface area (Å²) in [6.45, 7) is 2.03.